The molecule has 28 heavy (non-hydrogen) atoms. The van der Waals surface area contributed by atoms with E-state index in [0.717, 1.165) is 60.0 Å². The van der Waals surface area contributed by atoms with Gasteiger partial charge in [-0.1, -0.05) is 11.6 Å². The van der Waals surface area contributed by atoms with Crippen molar-refractivity contribution < 1.29 is 4.74 Å². The van der Waals surface area contributed by atoms with Crippen LogP contribution < -0.4 is 15.4 Å². The summed E-state index contributed by atoms with van der Waals surface area (Å²) in [6.07, 6.45) is 5.38. The molecule has 0 spiro atoms. The number of nitrogens with zero attached hydrogens (tertiary/aromatic N) is 4. The molecule has 3 heterocycles. The maximum absolute atomic E-state index is 6.24. The highest BCUT2D eigenvalue weighted by Gasteiger charge is 2.26. The summed E-state index contributed by atoms with van der Waals surface area (Å²) >= 11 is 6.24. The number of hydrogen-bond donors (Lipinski definition) is 2. The van der Waals surface area contributed by atoms with Gasteiger partial charge in [0.1, 0.15) is 17.9 Å². The second-order valence-corrected chi connectivity index (χ2v) is 7.43. The Morgan fingerprint density at radius 2 is 2.04 bits per heavy atom. The molecule has 1 aliphatic rings. The maximum Gasteiger partial charge on any atom is 0.197 e. The van der Waals surface area contributed by atoms with Crippen molar-refractivity contribution in [3.8, 4) is 16.9 Å². The molecule has 2 aromatic heterocycles. The lowest BCUT2D eigenvalue weighted by molar-refractivity contribution is 0.416. The number of aromatic nitrogens is 4. The van der Waals surface area contributed by atoms with Crippen LogP contribution >= 0.6 is 11.6 Å². The Balaban J connectivity index is 1.60. The largest absolute Gasteiger partial charge is 0.496 e. The monoisotopic (exact) mass is 398 g/mol. The zero-order chi connectivity index (χ0) is 19.7. The van der Waals surface area contributed by atoms with E-state index in [2.05, 4.69) is 24.8 Å². The third-order valence-electron chi connectivity index (χ3n) is 5.26. The number of rotatable bonds is 4. The van der Waals surface area contributed by atoms with Crippen molar-refractivity contribution in [3.63, 3.8) is 0 Å². The second-order valence-electron chi connectivity index (χ2n) is 7.00. The first-order chi connectivity index (χ1) is 13.6. The lowest BCUT2D eigenvalue weighted by Gasteiger charge is -2.33. The smallest absolute Gasteiger partial charge is 0.197 e. The van der Waals surface area contributed by atoms with Crippen LogP contribution in [-0.2, 0) is 0 Å². The molecule has 7 nitrogen and oxygen atoms in total. The summed E-state index contributed by atoms with van der Waals surface area (Å²) in [6, 6.07) is 5.58. The average Bonchev–Trinajstić information content (AvgIpc) is 3.06. The number of hydrogen-bond acceptors (Lipinski definition) is 6. The number of imidazole rings is 1. The third kappa shape index (κ3) is 3.49. The summed E-state index contributed by atoms with van der Waals surface area (Å²) in [5, 5.41) is 0.649. The Morgan fingerprint density at radius 3 is 2.71 bits per heavy atom. The summed E-state index contributed by atoms with van der Waals surface area (Å²) in [5.41, 5.74) is 9.76. The van der Waals surface area contributed by atoms with E-state index >= 15 is 0 Å². The van der Waals surface area contributed by atoms with Gasteiger partial charge in [0.05, 0.1) is 12.8 Å². The fourth-order valence-corrected chi connectivity index (χ4v) is 4.09. The first-order valence-corrected chi connectivity index (χ1v) is 9.65. The molecule has 4 rings (SSSR count). The number of H-pyrrole nitrogens is 1. The van der Waals surface area contributed by atoms with Crippen molar-refractivity contribution >= 4 is 23.4 Å². The fraction of sp³-hybridized carbons (Fsp3) is 0.350. The van der Waals surface area contributed by atoms with E-state index in [1.807, 2.05) is 31.3 Å². The number of halogens is 1. The van der Waals surface area contributed by atoms with E-state index in [9.17, 15) is 0 Å². The van der Waals surface area contributed by atoms with E-state index in [0.29, 0.717) is 16.9 Å². The van der Waals surface area contributed by atoms with Gasteiger partial charge in [-0.3, -0.25) is 0 Å². The first-order valence-electron chi connectivity index (χ1n) is 9.27. The Hall–Kier alpha value is -2.80. The maximum atomic E-state index is 6.24. The summed E-state index contributed by atoms with van der Waals surface area (Å²) in [4.78, 5) is 18.7. The molecule has 0 bridgehead atoms. The first kappa shape index (κ1) is 18.6. The van der Waals surface area contributed by atoms with Gasteiger partial charge in [0, 0.05) is 47.0 Å². The molecular formula is C20H23ClN6O. The standard InChI is InChI=1S/C20H23ClN6O/c1-12-18(26-20(22)25-12)13-5-7-27(8-6-13)19-16(10-23-11-24-19)15-9-14(21)3-4-17(15)28-2/h3-4,9-11,13H,5-8H2,1-2H3,(H3,22,25,26). The van der Waals surface area contributed by atoms with Crippen LogP contribution in [0, 0.1) is 6.92 Å². The van der Waals surface area contributed by atoms with Gasteiger partial charge in [0.15, 0.2) is 5.95 Å². The SMILES string of the molecule is COc1ccc(Cl)cc1-c1cncnc1N1CCC(c2nc(N)[nH]c2C)CC1. The molecule has 0 aliphatic carbocycles. The quantitative estimate of drug-likeness (QED) is 0.694. The number of anilines is 2. The highest BCUT2D eigenvalue weighted by molar-refractivity contribution is 6.31. The topological polar surface area (TPSA) is 93.0 Å². The lowest BCUT2D eigenvalue weighted by Crippen LogP contribution is -2.34. The van der Waals surface area contributed by atoms with E-state index < -0.39 is 0 Å². The zero-order valence-corrected chi connectivity index (χ0v) is 16.7. The number of nitrogen functional groups attached to an aromatic ring is 1. The Labute approximate surface area is 168 Å². The molecule has 1 aromatic carbocycles. The number of nitrogens with one attached hydrogen (secondary N) is 1. The highest BCUT2D eigenvalue weighted by atomic mass is 35.5. The Bertz CT molecular complexity index is 981. The highest BCUT2D eigenvalue weighted by Crippen LogP contribution is 2.39. The van der Waals surface area contributed by atoms with Crippen LogP contribution in [-0.4, -0.2) is 40.1 Å². The van der Waals surface area contributed by atoms with Gasteiger partial charge in [-0.05, 0) is 38.0 Å². The molecule has 0 atom stereocenters. The van der Waals surface area contributed by atoms with Gasteiger partial charge in [0.2, 0.25) is 0 Å². The summed E-state index contributed by atoms with van der Waals surface area (Å²) < 4.78 is 5.53. The van der Waals surface area contributed by atoms with E-state index in [1.54, 1.807) is 13.4 Å². The van der Waals surface area contributed by atoms with E-state index in [4.69, 9.17) is 22.1 Å². The van der Waals surface area contributed by atoms with Crippen molar-refractivity contribution in [2.45, 2.75) is 25.7 Å². The van der Waals surface area contributed by atoms with Gasteiger partial charge in [-0.25, -0.2) is 15.0 Å². The molecule has 3 N–H and O–H groups in total. The van der Waals surface area contributed by atoms with Crippen LogP contribution in [0.3, 0.4) is 0 Å². The molecule has 0 amide bonds. The van der Waals surface area contributed by atoms with Crippen LogP contribution in [0.25, 0.3) is 11.1 Å². The summed E-state index contributed by atoms with van der Waals surface area (Å²) in [6.45, 7) is 3.78. The van der Waals surface area contributed by atoms with Crippen LogP contribution in [0.15, 0.2) is 30.7 Å². The number of ether oxygens (including phenoxy) is 1. The number of aromatic amines is 1. The van der Waals surface area contributed by atoms with Gasteiger partial charge < -0.3 is 20.4 Å². The molecule has 1 aliphatic heterocycles. The van der Waals surface area contributed by atoms with Crippen LogP contribution in [0.1, 0.15) is 30.1 Å². The predicted octanol–water partition coefficient (Wildman–Crippen LogP) is 3.80. The minimum absolute atomic E-state index is 0.399. The van der Waals surface area contributed by atoms with Crippen molar-refractivity contribution in [1.29, 1.82) is 0 Å². The van der Waals surface area contributed by atoms with Crippen molar-refractivity contribution in [1.82, 2.24) is 19.9 Å². The molecular weight excluding hydrogens is 376 g/mol. The molecule has 146 valence electrons. The summed E-state index contributed by atoms with van der Waals surface area (Å²) in [5.74, 6) is 2.53. The normalized spacial score (nSPS) is 15.0. The van der Waals surface area contributed by atoms with Crippen LogP contribution in [0.2, 0.25) is 5.02 Å². The molecule has 1 fully saturated rings. The average molecular weight is 399 g/mol. The zero-order valence-electron chi connectivity index (χ0n) is 15.9. The van der Waals surface area contributed by atoms with Gasteiger partial charge in [0.25, 0.3) is 0 Å². The molecule has 0 saturated carbocycles. The minimum Gasteiger partial charge on any atom is -0.496 e. The number of piperidine rings is 1. The fourth-order valence-electron chi connectivity index (χ4n) is 3.92. The van der Waals surface area contributed by atoms with Crippen LogP contribution in [0.5, 0.6) is 5.75 Å². The third-order valence-corrected chi connectivity index (χ3v) is 5.50. The number of nitrogens with two attached hydrogens (primary N) is 1. The van der Waals surface area contributed by atoms with E-state index in [1.165, 1.54) is 0 Å². The Kier molecular flexibility index (Phi) is 5.09. The number of aryl methyl sites for hydroxylation is 1. The number of benzene rings is 1. The molecule has 8 heteroatoms. The van der Waals surface area contributed by atoms with Gasteiger partial charge >= 0.3 is 0 Å². The van der Waals surface area contributed by atoms with Crippen molar-refractivity contribution in [2.24, 2.45) is 0 Å². The Morgan fingerprint density at radius 1 is 1.25 bits per heavy atom. The van der Waals surface area contributed by atoms with Crippen molar-refractivity contribution in [3.05, 3.63) is 47.1 Å². The van der Waals surface area contributed by atoms with Gasteiger partial charge in [-0.2, -0.15) is 0 Å². The van der Waals surface area contributed by atoms with Crippen molar-refractivity contribution in [2.75, 3.05) is 30.8 Å². The molecule has 3 aromatic rings. The van der Waals surface area contributed by atoms with Gasteiger partial charge in [-0.15, -0.1) is 0 Å². The second kappa shape index (κ2) is 7.67. The lowest BCUT2D eigenvalue weighted by atomic mass is 9.92. The number of methoxy groups -OCH3 is 1. The van der Waals surface area contributed by atoms with Crippen LogP contribution in [0.4, 0.5) is 11.8 Å². The predicted molar refractivity (Wildman–Crippen MR) is 111 cm³/mol. The van der Waals surface area contributed by atoms with E-state index in [-0.39, 0.29) is 0 Å². The molecule has 0 radical (unpaired) electrons. The summed E-state index contributed by atoms with van der Waals surface area (Å²) in [7, 11) is 1.65. The minimum atomic E-state index is 0.399. The molecule has 1 saturated heterocycles. The molecule has 0 unspecified atom stereocenters.